The van der Waals surface area contributed by atoms with Gasteiger partial charge in [-0.15, -0.1) is 0 Å². The van der Waals surface area contributed by atoms with Gasteiger partial charge in [0, 0.05) is 6.92 Å². The summed E-state index contributed by atoms with van der Waals surface area (Å²) >= 11 is 0. The van der Waals surface area contributed by atoms with Crippen molar-refractivity contribution >= 4 is 21.0 Å². The molecule has 44 heavy (non-hydrogen) atoms. The van der Waals surface area contributed by atoms with Gasteiger partial charge in [-0.05, 0) is 83.0 Å². The smallest absolute Gasteiger partial charge is 0.237 e. The Kier molecular flexibility index (Phi) is 12.7. The lowest BCUT2D eigenvalue weighted by Gasteiger charge is -2.24. The summed E-state index contributed by atoms with van der Waals surface area (Å²) in [6.45, 7) is 17.2. The second-order valence-electron chi connectivity index (χ2n) is 11.3. The summed E-state index contributed by atoms with van der Waals surface area (Å²) in [5, 5.41) is 0. The van der Waals surface area contributed by atoms with Gasteiger partial charge in [0.1, 0.15) is 15.9 Å². The van der Waals surface area contributed by atoms with Gasteiger partial charge < -0.3 is 14.0 Å². The molecule has 0 aromatic heterocycles. The second kappa shape index (κ2) is 16.0. The van der Waals surface area contributed by atoms with Gasteiger partial charge >= 0.3 is 0 Å². The van der Waals surface area contributed by atoms with E-state index in [9.17, 15) is 13.0 Å². The van der Waals surface area contributed by atoms with Crippen molar-refractivity contribution in [2.75, 3.05) is 0 Å². The average molecular weight is 633 g/mol. The number of ether oxygens (including phenoxy) is 2. The van der Waals surface area contributed by atoms with Gasteiger partial charge in [-0.2, -0.15) is 0 Å². The Morgan fingerprint density at radius 1 is 0.682 bits per heavy atom. The summed E-state index contributed by atoms with van der Waals surface area (Å²) in [6.07, 6.45) is 1.03. The van der Waals surface area contributed by atoms with Crippen LogP contribution in [0.1, 0.15) is 82.9 Å². The topological polar surface area (TPSA) is 75.7 Å². The summed E-state index contributed by atoms with van der Waals surface area (Å²) in [6, 6.07) is 33.1. The summed E-state index contributed by atoms with van der Waals surface area (Å²) in [7, 11) is -4.59. The zero-order chi connectivity index (χ0) is 32.4. The van der Waals surface area contributed by atoms with Gasteiger partial charge in [0.25, 0.3) is 0 Å². The van der Waals surface area contributed by atoms with Crippen LogP contribution < -0.4 is 4.74 Å². The number of benzene rings is 4. The summed E-state index contributed by atoms with van der Waals surface area (Å²) in [5.74, 6) is 1.10. The summed E-state index contributed by atoms with van der Waals surface area (Å²) < 4.78 is 45.7. The quantitative estimate of drug-likeness (QED) is 0.0712. The molecule has 0 saturated carbocycles. The van der Waals surface area contributed by atoms with Crippen molar-refractivity contribution in [1.29, 1.82) is 0 Å². The Morgan fingerprint density at radius 2 is 1.11 bits per heavy atom. The molecule has 1 unspecified atom stereocenters. The molecule has 4 aromatic carbocycles. The van der Waals surface area contributed by atoms with Gasteiger partial charge in [-0.3, -0.25) is 0 Å². The van der Waals surface area contributed by atoms with Crippen molar-refractivity contribution in [3.05, 3.63) is 127 Å². The van der Waals surface area contributed by atoms with Gasteiger partial charge in [0.15, 0.2) is 14.7 Å². The maximum atomic E-state index is 11.6. The standard InChI is InChI=1S/C22H21O2S.C15H24O3S/c1-3-23-18(2)24-19-14-16-22(17-15-19)25(20-10-6-4-7-11-20)21-12-8-5-9-13-21;1-9(2)12-7-13(10(3)4)15(19(16,17)18)14(8-12)11(5)6/h3-18H,1H2,2H3;7-11H,1-6H3,(H,16,17,18)/q+1;/p-1. The lowest BCUT2D eigenvalue weighted by molar-refractivity contribution is -0.0132. The van der Waals surface area contributed by atoms with Crippen LogP contribution in [0.25, 0.3) is 0 Å². The SMILES string of the molecule is C=COC(C)Oc1ccc([S+](c2ccccc2)c2ccccc2)cc1.CC(C)c1cc(C(C)C)c(S(=O)(=O)[O-])c(C(C)C)c1. The highest BCUT2D eigenvalue weighted by atomic mass is 32.2. The second-order valence-corrected chi connectivity index (χ2v) is 14.7. The number of hydrogen-bond donors (Lipinski definition) is 0. The minimum absolute atomic E-state index is 0.00919. The van der Waals surface area contributed by atoms with E-state index in [0.29, 0.717) is 17.0 Å². The van der Waals surface area contributed by atoms with Crippen LogP contribution in [0.3, 0.4) is 0 Å². The van der Waals surface area contributed by atoms with Crippen LogP contribution in [0.4, 0.5) is 0 Å². The Labute approximate surface area is 267 Å². The van der Waals surface area contributed by atoms with E-state index in [1.54, 1.807) is 0 Å². The average Bonchev–Trinajstić information content (AvgIpc) is 2.98. The molecular formula is C37H44O5S2. The van der Waals surface area contributed by atoms with E-state index >= 15 is 0 Å². The molecule has 0 aliphatic carbocycles. The molecule has 0 aliphatic heterocycles. The first-order chi connectivity index (χ1) is 20.8. The Balaban J connectivity index is 0.000000251. The van der Waals surface area contributed by atoms with Gasteiger partial charge in [0.2, 0.25) is 6.29 Å². The maximum Gasteiger partial charge on any atom is 0.237 e. The van der Waals surface area contributed by atoms with Crippen LogP contribution in [0.15, 0.2) is 129 Å². The van der Waals surface area contributed by atoms with Crippen LogP contribution in [-0.2, 0) is 25.7 Å². The van der Waals surface area contributed by atoms with Crippen LogP contribution in [0.2, 0.25) is 0 Å². The fourth-order valence-corrected chi connectivity index (χ4v) is 7.96. The fraction of sp³-hybridized carbons (Fsp3) is 0.297. The minimum Gasteiger partial charge on any atom is -0.744 e. The van der Waals surface area contributed by atoms with E-state index in [1.807, 2.05) is 71.0 Å². The lowest BCUT2D eigenvalue weighted by atomic mass is 9.89. The van der Waals surface area contributed by atoms with Crippen LogP contribution in [0, 0.1) is 0 Å². The van der Waals surface area contributed by atoms with Crippen molar-refractivity contribution in [3.63, 3.8) is 0 Å². The minimum atomic E-state index is -4.45. The summed E-state index contributed by atoms with van der Waals surface area (Å²) in [4.78, 5) is 3.83. The molecule has 4 aromatic rings. The third-order valence-corrected chi connectivity index (χ3v) is 10.1. The van der Waals surface area contributed by atoms with Crippen molar-refractivity contribution in [3.8, 4) is 5.75 Å². The molecule has 234 valence electrons. The van der Waals surface area contributed by atoms with Crippen molar-refractivity contribution in [1.82, 2.24) is 0 Å². The highest BCUT2D eigenvalue weighted by Gasteiger charge is 2.28. The molecule has 4 rings (SSSR count). The predicted octanol–water partition coefficient (Wildman–Crippen LogP) is 9.63. The molecule has 0 radical (unpaired) electrons. The predicted molar refractivity (Wildman–Crippen MR) is 180 cm³/mol. The Bertz CT molecular complexity index is 1510. The van der Waals surface area contributed by atoms with Gasteiger partial charge in [-0.25, -0.2) is 8.42 Å². The lowest BCUT2D eigenvalue weighted by Crippen LogP contribution is -2.13. The third-order valence-electron chi connectivity index (χ3n) is 6.94. The van der Waals surface area contributed by atoms with Crippen LogP contribution in [-0.4, -0.2) is 19.3 Å². The first-order valence-corrected chi connectivity index (χ1v) is 17.5. The van der Waals surface area contributed by atoms with Gasteiger partial charge in [0.05, 0.1) is 22.1 Å². The van der Waals surface area contributed by atoms with Crippen LogP contribution >= 0.6 is 0 Å². The molecule has 7 heteroatoms. The van der Waals surface area contributed by atoms with E-state index in [0.717, 1.165) is 11.3 Å². The zero-order valence-electron chi connectivity index (χ0n) is 26.7. The molecule has 5 nitrogen and oxygen atoms in total. The van der Waals surface area contributed by atoms with E-state index in [1.165, 1.54) is 20.9 Å². The molecule has 0 amide bonds. The largest absolute Gasteiger partial charge is 0.744 e. The highest BCUT2D eigenvalue weighted by molar-refractivity contribution is 7.97. The van der Waals surface area contributed by atoms with E-state index < -0.39 is 10.1 Å². The molecule has 0 fully saturated rings. The van der Waals surface area contributed by atoms with E-state index in [4.69, 9.17) is 9.47 Å². The van der Waals surface area contributed by atoms with Crippen molar-refractivity contribution < 1.29 is 22.4 Å². The maximum absolute atomic E-state index is 11.6. The first-order valence-electron chi connectivity index (χ1n) is 14.8. The van der Waals surface area contributed by atoms with E-state index in [2.05, 4.69) is 81.1 Å². The molecule has 1 atom stereocenters. The molecule has 0 N–H and O–H groups in total. The van der Waals surface area contributed by atoms with E-state index in [-0.39, 0.29) is 33.9 Å². The number of hydrogen-bond acceptors (Lipinski definition) is 5. The first kappa shape index (κ1) is 35.0. The molecular weight excluding hydrogens is 589 g/mol. The molecule has 0 saturated heterocycles. The molecule has 0 aliphatic rings. The monoisotopic (exact) mass is 632 g/mol. The number of rotatable bonds is 11. The highest BCUT2D eigenvalue weighted by Crippen LogP contribution is 2.35. The third kappa shape index (κ3) is 9.49. The molecule has 0 heterocycles. The van der Waals surface area contributed by atoms with Crippen LogP contribution in [0.5, 0.6) is 5.75 Å². The Hall–Kier alpha value is -3.52. The molecule has 0 bridgehead atoms. The van der Waals surface area contributed by atoms with Crippen molar-refractivity contribution in [2.45, 2.75) is 92.1 Å². The molecule has 0 spiro atoms. The van der Waals surface area contributed by atoms with Gasteiger partial charge in [-0.1, -0.05) is 96.7 Å². The fourth-order valence-electron chi connectivity index (χ4n) is 4.71. The summed E-state index contributed by atoms with van der Waals surface area (Å²) in [5.41, 5.74) is 2.37. The normalized spacial score (nSPS) is 12.2. The van der Waals surface area contributed by atoms with Crippen molar-refractivity contribution in [2.24, 2.45) is 0 Å². The zero-order valence-corrected chi connectivity index (χ0v) is 28.3. The Morgan fingerprint density at radius 3 is 1.48 bits per heavy atom.